The zero-order valence-corrected chi connectivity index (χ0v) is 8.22. The fourth-order valence-electron chi connectivity index (χ4n) is 1.54. The first kappa shape index (κ1) is 8.81. The molecule has 0 aliphatic carbocycles. The quantitative estimate of drug-likeness (QED) is 0.697. The van der Waals surface area contributed by atoms with Crippen molar-refractivity contribution < 1.29 is 4.79 Å². The normalized spacial score (nSPS) is 10.4. The maximum absolute atomic E-state index is 12.0. The summed E-state index contributed by atoms with van der Waals surface area (Å²) in [5, 5.41) is 0. The van der Waals surface area contributed by atoms with Gasteiger partial charge in [0.15, 0.2) is 5.78 Å². The number of aryl methyl sites for hydroxylation is 2. The van der Waals surface area contributed by atoms with Crippen LogP contribution in [0.1, 0.15) is 27.3 Å². The Morgan fingerprint density at radius 2 is 1.43 bits per heavy atom. The highest BCUT2D eigenvalue weighted by molar-refractivity contribution is 6.10. The molecule has 3 heteroatoms. The van der Waals surface area contributed by atoms with Gasteiger partial charge in [0.05, 0.1) is 0 Å². The fourth-order valence-corrected chi connectivity index (χ4v) is 1.54. The third kappa shape index (κ3) is 1.27. The Bertz CT molecular complexity index is 423. The van der Waals surface area contributed by atoms with Crippen LogP contribution in [0.5, 0.6) is 0 Å². The number of hydrogen-bond donors (Lipinski definition) is 2. The second-order valence-corrected chi connectivity index (χ2v) is 3.36. The second kappa shape index (κ2) is 3.18. The van der Waals surface area contributed by atoms with Crippen LogP contribution in [0.15, 0.2) is 24.5 Å². The number of rotatable bonds is 2. The number of hydrogen-bond acceptors (Lipinski definition) is 1. The SMILES string of the molecule is Cc1[nH]ccc1C(=O)c1cc[nH]c1C. The van der Waals surface area contributed by atoms with E-state index in [1.165, 1.54) is 0 Å². The summed E-state index contributed by atoms with van der Waals surface area (Å²) in [6.07, 6.45) is 3.56. The van der Waals surface area contributed by atoms with E-state index in [4.69, 9.17) is 0 Å². The van der Waals surface area contributed by atoms with Crippen molar-refractivity contribution in [2.24, 2.45) is 0 Å². The summed E-state index contributed by atoms with van der Waals surface area (Å²) in [7, 11) is 0. The molecule has 0 radical (unpaired) electrons. The van der Waals surface area contributed by atoms with E-state index in [1.807, 2.05) is 26.0 Å². The number of carbonyl (C=O) groups is 1. The van der Waals surface area contributed by atoms with Crippen LogP contribution in [0.25, 0.3) is 0 Å². The molecule has 0 aliphatic rings. The zero-order chi connectivity index (χ0) is 10.1. The summed E-state index contributed by atoms with van der Waals surface area (Å²) in [4.78, 5) is 18.0. The molecular weight excluding hydrogens is 176 g/mol. The lowest BCUT2D eigenvalue weighted by Gasteiger charge is -1.98. The Morgan fingerprint density at radius 1 is 1.00 bits per heavy atom. The van der Waals surface area contributed by atoms with E-state index < -0.39 is 0 Å². The zero-order valence-electron chi connectivity index (χ0n) is 8.22. The van der Waals surface area contributed by atoms with Crippen molar-refractivity contribution in [3.8, 4) is 0 Å². The Hall–Kier alpha value is -1.77. The van der Waals surface area contributed by atoms with Gasteiger partial charge in [-0.25, -0.2) is 0 Å². The minimum absolute atomic E-state index is 0.0718. The molecule has 2 N–H and O–H groups in total. The number of aromatic amines is 2. The number of nitrogens with one attached hydrogen (secondary N) is 2. The van der Waals surface area contributed by atoms with Crippen LogP contribution in [-0.4, -0.2) is 15.8 Å². The third-order valence-corrected chi connectivity index (χ3v) is 2.40. The van der Waals surface area contributed by atoms with Gasteiger partial charge in [0.25, 0.3) is 0 Å². The minimum atomic E-state index is 0.0718. The molecule has 14 heavy (non-hydrogen) atoms. The van der Waals surface area contributed by atoms with Gasteiger partial charge in [-0.1, -0.05) is 0 Å². The first-order valence-corrected chi connectivity index (χ1v) is 4.53. The average Bonchev–Trinajstić information content (AvgIpc) is 2.73. The highest BCUT2D eigenvalue weighted by Crippen LogP contribution is 2.14. The minimum Gasteiger partial charge on any atom is -0.365 e. The lowest BCUT2D eigenvalue weighted by atomic mass is 10.1. The van der Waals surface area contributed by atoms with E-state index in [-0.39, 0.29) is 5.78 Å². The molecule has 0 spiro atoms. The summed E-state index contributed by atoms with van der Waals surface area (Å²) >= 11 is 0. The van der Waals surface area contributed by atoms with Crippen molar-refractivity contribution in [2.75, 3.05) is 0 Å². The first-order chi connectivity index (χ1) is 6.70. The van der Waals surface area contributed by atoms with Gasteiger partial charge >= 0.3 is 0 Å². The van der Waals surface area contributed by atoms with E-state index in [2.05, 4.69) is 9.97 Å². The van der Waals surface area contributed by atoms with Gasteiger partial charge in [0.1, 0.15) is 0 Å². The van der Waals surface area contributed by atoms with Crippen LogP contribution in [0.2, 0.25) is 0 Å². The number of H-pyrrole nitrogens is 2. The number of aromatic nitrogens is 2. The van der Waals surface area contributed by atoms with Gasteiger partial charge in [0, 0.05) is 34.9 Å². The molecule has 0 atom stereocenters. The molecule has 0 unspecified atom stereocenters. The maximum atomic E-state index is 12.0. The highest BCUT2D eigenvalue weighted by atomic mass is 16.1. The van der Waals surface area contributed by atoms with Crippen LogP contribution in [0.3, 0.4) is 0 Å². The van der Waals surface area contributed by atoms with E-state index in [0.717, 1.165) is 22.5 Å². The summed E-state index contributed by atoms with van der Waals surface area (Å²) in [6.45, 7) is 3.80. The van der Waals surface area contributed by atoms with Gasteiger partial charge in [-0.3, -0.25) is 4.79 Å². The predicted octanol–water partition coefficient (Wildman–Crippen LogP) is 2.19. The monoisotopic (exact) mass is 188 g/mol. The summed E-state index contributed by atoms with van der Waals surface area (Å²) in [5.74, 6) is 0.0718. The smallest absolute Gasteiger partial charge is 0.196 e. The van der Waals surface area contributed by atoms with Crippen molar-refractivity contribution >= 4 is 5.78 Å². The Kier molecular flexibility index (Phi) is 2.00. The molecule has 3 nitrogen and oxygen atoms in total. The van der Waals surface area contributed by atoms with Crippen molar-refractivity contribution in [3.63, 3.8) is 0 Å². The summed E-state index contributed by atoms with van der Waals surface area (Å²) < 4.78 is 0. The average molecular weight is 188 g/mol. The molecule has 0 aromatic carbocycles. The molecule has 0 amide bonds. The van der Waals surface area contributed by atoms with Crippen LogP contribution in [0, 0.1) is 13.8 Å². The Balaban J connectivity index is 2.44. The molecule has 2 aromatic rings. The van der Waals surface area contributed by atoms with E-state index in [9.17, 15) is 4.79 Å². The molecule has 0 saturated heterocycles. The fraction of sp³-hybridized carbons (Fsp3) is 0.182. The van der Waals surface area contributed by atoms with Crippen molar-refractivity contribution in [3.05, 3.63) is 47.0 Å². The van der Waals surface area contributed by atoms with Crippen molar-refractivity contribution in [1.29, 1.82) is 0 Å². The number of ketones is 1. The van der Waals surface area contributed by atoms with Crippen LogP contribution < -0.4 is 0 Å². The van der Waals surface area contributed by atoms with Crippen molar-refractivity contribution in [1.82, 2.24) is 9.97 Å². The molecular formula is C11H12N2O. The predicted molar refractivity (Wildman–Crippen MR) is 54.5 cm³/mol. The van der Waals surface area contributed by atoms with Gasteiger partial charge in [-0.05, 0) is 26.0 Å². The summed E-state index contributed by atoms with van der Waals surface area (Å²) in [6, 6.07) is 3.62. The lowest BCUT2D eigenvalue weighted by molar-refractivity contribution is 0.103. The highest BCUT2D eigenvalue weighted by Gasteiger charge is 2.14. The van der Waals surface area contributed by atoms with Crippen LogP contribution >= 0.6 is 0 Å². The molecule has 0 fully saturated rings. The second-order valence-electron chi connectivity index (χ2n) is 3.36. The molecule has 2 rings (SSSR count). The van der Waals surface area contributed by atoms with E-state index in [1.54, 1.807) is 12.4 Å². The molecule has 2 aromatic heterocycles. The lowest BCUT2D eigenvalue weighted by Crippen LogP contribution is -2.02. The summed E-state index contributed by atoms with van der Waals surface area (Å²) in [5.41, 5.74) is 3.31. The van der Waals surface area contributed by atoms with E-state index >= 15 is 0 Å². The number of carbonyl (C=O) groups excluding carboxylic acids is 1. The molecule has 2 heterocycles. The third-order valence-electron chi connectivity index (χ3n) is 2.40. The molecule has 0 aliphatic heterocycles. The first-order valence-electron chi connectivity index (χ1n) is 4.53. The van der Waals surface area contributed by atoms with Gasteiger partial charge in [-0.15, -0.1) is 0 Å². The standard InChI is InChI=1S/C11H12N2O/c1-7-9(3-5-12-7)11(14)10-4-6-13-8(10)2/h3-6,12-13H,1-2H3. The Labute approximate surface area is 82.2 Å². The Morgan fingerprint density at radius 3 is 1.71 bits per heavy atom. The maximum Gasteiger partial charge on any atom is 0.196 e. The molecule has 72 valence electrons. The van der Waals surface area contributed by atoms with Crippen LogP contribution in [-0.2, 0) is 0 Å². The molecule has 0 saturated carbocycles. The van der Waals surface area contributed by atoms with Crippen LogP contribution in [0.4, 0.5) is 0 Å². The topological polar surface area (TPSA) is 48.6 Å². The largest absolute Gasteiger partial charge is 0.365 e. The van der Waals surface area contributed by atoms with Crippen molar-refractivity contribution in [2.45, 2.75) is 13.8 Å². The van der Waals surface area contributed by atoms with Gasteiger partial charge in [0.2, 0.25) is 0 Å². The van der Waals surface area contributed by atoms with Gasteiger partial charge < -0.3 is 9.97 Å². The molecule has 0 bridgehead atoms. The van der Waals surface area contributed by atoms with Gasteiger partial charge in [-0.2, -0.15) is 0 Å². The van der Waals surface area contributed by atoms with E-state index in [0.29, 0.717) is 0 Å².